The Labute approximate surface area is 100 Å². The molecule has 0 aromatic carbocycles. The first-order chi connectivity index (χ1) is 8.13. The molecule has 0 bridgehead atoms. The van der Waals surface area contributed by atoms with Gasteiger partial charge in [-0.25, -0.2) is 4.98 Å². The van der Waals surface area contributed by atoms with E-state index in [1.807, 2.05) is 13.8 Å². The monoisotopic (exact) mass is 238 g/mol. The molecule has 94 valence electrons. The van der Waals surface area contributed by atoms with E-state index in [1.54, 1.807) is 12.5 Å². The van der Waals surface area contributed by atoms with E-state index in [1.165, 1.54) is 0 Å². The van der Waals surface area contributed by atoms with Crippen LogP contribution >= 0.6 is 0 Å². The number of hydrogen-bond donors (Lipinski definition) is 3. The van der Waals surface area contributed by atoms with Crippen molar-refractivity contribution in [3.05, 3.63) is 18.2 Å². The van der Waals surface area contributed by atoms with E-state index in [2.05, 4.69) is 20.6 Å². The van der Waals surface area contributed by atoms with Gasteiger partial charge >= 0.3 is 0 Å². The normalized spacial score (nSPS) is 12.4. The number of carbonyl (C=O) groups is 2. The lowest BCUT2D eigenvalue weighted by Crippen LogP contribution is -2.48. The lowest BCUT2D eigenvalue weighted by Gasteiger charge is -2.19. The number of aldehydes is 1. The van der Waals surface area contributed by atoms with Crippen molar-refractivity contribution < 1.29 is 9.59 Å². The first-order valence-electron chi connectivity index (χ1n) is 5.58. The molecule has 0 radical (unpaired) electrons. The minimum Gasteiger partial charge on any atom is -0.348 e. The Hall–Kier alpha value is -1.69. The molecule has 0 aliphatic heterocycles. The topological polar surface area (TPSA) is 86.9 Å². The van der Waals surface area contributed by atoms with Gasteiger partial charge in [0.15, 0.2) is 0 Å². The SMILES string of the molecule is CC(C)NC(Cc1cnc[nH]1)C(=O)NCC=O. The summed E-state index contributed by atoms with van der Waals surface area (Å²) in [4.78, 5) is 28.9. The summed E-state index contributed by atoms with van der Waals surface area (Å²) < 4.78 is 0. The molecule has 1 aromatic heterocycles. The van der Waals surface area contributed by atoms with Crippen LogP contribution in [0.15, 0.2) is 12.5 Å². The Morgan fingerprint density at radius 2 is 2.35 bits per heavy atom. The fraction of sp³-hybridized carbons (Fsp3) is 0.545. The predicted molar refractivity (Wildman–Crippen MR) is 63.4 cm³/mol. The van der Waals surface area contributed by atoms with E-state index < -0.39 is 0 Å². The van der Waals surface area contributed by atoms with Crippen molar-refractivity contribution in [1.29, 1.82) is 0 Å². The summed E-state index contributed by atoms with van der Waals surface area (Å²) in [5.74, 6) is -0.180. The Bertz CT molecular complexity index is 348. The molecule has 6 nitrogen and oxygen atoms in total. The smallest absolute Gasteiger partial charge is 0.237 e. The first kappa shape index (κ1) is 13.4. The Balaban J connectivity index is 2.59. The molecule has 1 heterocycles. The van der Waals surface area contributed by atoms with Crippen molar-refractivity contribution >= 4 is 12.2 Å². The molecule has 1 rings (SSSR count). The molecule has 0 aliphatic rings. The Morgan fingerprint density at radius 1 is 1.59 bits per heavy atom. The molecule has 6 heteroatoms. The van der Waals surface area contributed by atoms with Gasteiger partial charge in [-0.05, 0) is 0 Å². The molecule has 0 saturated heterocycles. The van der Waals surface area contributed by atoms with Crippen molar-refractivity contribution in [3.8, 4) is 0 Å². The molecule has 3 N–H and O–H groups in total. The zero-order chi connectivity index (χ0) is 12.7. The van der Waals surface area contributed by atoms with Crippen LogP contribution in [0.3, 0.4) is 0 Å². The zero-order valence-electron chi connectivity index (χ0n) is 10.1. The predicted octanol–water partition coefficient (Wildman–Crippen LogP) is -0.366. The molecule has 1 aromatic rings. The number of nitrogens with zero attached hydrogens (tertiary/aromatic N) is 1. The minimum absolute atomic E-state index is 0.0398. The lowest BCUT2D eigenvalue weighted by atomic mass is 10.1. The lowest BCUT2D eigenvalue weighted by molar-refractivity contribution is -0.124. The average molecular weight is 238 g/mol. The van der Waals surface area contributed by atoms with Gasteiger partial charge < -0.3 is 20.4 Å². The van der Waals surface area contributed by atoms with Crippen molar-refractivity contribution in [2.24, 2.45) is 0 Å². The second-order valence-corrected chi connectivity index (χ2v) is 4.07. The fourth-order valence-corrected chi connectivity index (χ4v) is 1.51. The minimum atomic E-state index is -0.365. The van der Waals surface area contributed by atoms with E-state index in [0.717, 1.165) is 5.69 Å². The maximum Gasteiger partial charge on any atom is 0.237 e. The van der Waals surface area contributed by atoms with E-state index in [9.17, 15) is 9.59 Å². The van der Waals surface area contributed by atoms with Crippen LogP contribution in [0.25, 0.3) is 0 Å². The van der Waals surface area contributed by atoms with Gasteiger partial charge in [-0.1, -0.05) is 13.8 Å². The molecule has 1 atom stereocenters. The largest absolute Gasteiger partial charge is 0.348 e. The summed E-state index contributed by atoms with van der Waals surface area (Å²) in [6.45, 7) is 3.97. The van der Waals surface area contributed by atoms with Crippen molar-refractivity contribution in [2.75, 3.05) is 6.54 Å². The molecule has 0 fully saturated rings. The summed E-state index contributed by atoms with van der Waals surface area (Å²) in [7, 11) is 0. The number of aromatic amines is 1. The third kappa shape index (κ3) is 4.78. The number of H-pyrrole nitrogens is 1. The van der Waals surface area contributed by atoms with Crippen LogP contribution in [0.4, 0.5) is 0 Å². The molecular weight excluding hydrogens is 220 g/mol. The highest BCUT2D eigenvalue weighted by Gasteiger charge is 2.19. The third-order valence-corrected chi connectivity index (χ3v) is 2.19. The number of amides is 1. The molecular formula is C11H18N4O2. The highest BCUT2D eigenvalue weighted by Crippen LogP contribution is 2.00. The van der Waals surface area contributed by atoms with E-state index in [0.29, 0.717) is 12.7 Å². The van der Waals surface area contributed by atoms with Crippen molar-refractivity contribution in [2.45, 2.75) is 32.4 Å². The highest BCUT2D eigenvalue weighted by molar-refractivity contribution is 5.83. The van der Waals surface area contributed by atoms with Gasteiger partial charge in [0.05, 0.1) is 18.9 Å². The summed E-state index contributed by atoms with van der Waals surface area (Å²) in [5.41, 5.74) is 0.879. The number of hydrogen-bond acceptors (Lipinski definition) is 4. The molecule has 17 heavy (non-hydrogen) atoms. The van der Waals surface area contributed by atoms with Crippen LogP contribution in [0, 0.1) is 0 Å². The molecule has 1 amide bonds. The Kier molecular flexibility index (Phi) is 5.35. The van der Waals surface area contributed by atoms with Crippen LogP contribution < -0.4 is 10.6 Å². The van der Waals surface area contributed by atoms with Crippen LogP contribution in [0.1, 0.15) is 19.5 Å². The standard InChI is InChI=1S/C11H18N4O2/c1-8(2)15-10(11(17)13-3-4-16)5-9-6-12-7-14-9/h4,6-8,10,15H,3,5H2,1-2H3,(H,12,14)(H,13,17). The molecule has 0 saturated carbocycles. The second kappa shape index (κ2) is 6.80. The van der Waals surface area contributed by atoms with Gasteiger partial charge in [-0.3, -0.25) is 4.79 Å². The van der Waals surface area contributed by atoms with E-state index in [4.69, 9.17) is 0 Å². The maximum atomic E-state index is 11.8. The Morgan fingerprint density at radius 3 is 2.88 bits per heavy atom. The molecule has 1 unspecified atom stereocenters. The van der Waals surface area contributed by atoms with Crippen molar-refractivity contribution in [3.63, 3.8) is 0 Å². The van der Waals surface area contributed by atoms with Gasteiger partial charge in [-0.15, -0.1) is 0 Å². The van der Waals surface area contributed by atoms with E-state index >= 15 is 0 Å². The summed E-state index contributed by atoms with van der Waals surface area (Å²) in [6, 6.07) is -0.180. The maximum absolute atomic E-state index is 11.8. The van der Waals surface area contributed by atoms with Gasteiger partial charge in [0.25, 0.3) is 0 Å². The van der Waals surface area contributed by atoms with Crippen LogP contribution in [-0.2, 0) is 16.0 Å². The van der Waals surface area contributed by atoms with Crippen LogP contribution in [0.2, 0.25) is 0 Å². The quantitative estimate of drug-likeness (QED) is 0.566. The van der Waals surface area contributed by atoms with Crippen LogP contribution in [-0.4, -0.2) is 40.8 Å². The van der Waals surface area contributed by atoms with Crippen LogP contribution in [0.5, 0.6) is 0 Å². The van der Waals surface area contributed by atoms with E-state index in [-0.39, 0.29) is 24.5 Å². The molecule has 0 aliphatic carbocycles. The number of rotatable bonds is 7. The average Bonchev–Trinajstić information content (AvgIpc) is 2.77. The number of imidazole rings is 1. The van der Waals surface area contributed by atoms with Gasteiger partial charge in [0.2, 0.25) is 5.91 Å². The summed E-state index contributed by atoms with van der Waals surface area (Å²) in [6.07, 6.45) is 4.44. The number of carbonyl (C=O) groups excluding carboxylic acids is 2. The number of nitrogens with one attached hydrogen (secondary N) is 3. The summed E-state index contributed by atoms with van der Waals surface area (Å²) in [5, 5.41) is 5.70. The summed E-state index contributed by atoms with van der Waals surface area (Å²) >= 11 is 0. The fourth-order valence-electron chi connectivity index (χ4n) is 1.51. The van der Waals surface area contributed by atoms with Gasteiger partial charge in [0.1, 0.15) is 6.29 Å². The zero-order valence-corrected chi connectivity index (χ0v) is 10.1. The van der Waals surface area contributed by atoms with Gasteiger partial charge in [0, 0.05) is 24.4 Å². The van der Waals surface area contributed by atoms with Crippen molar-refractivity contribution in [1.82, 2.24) is 20.6 Å². The van der Waals surface area contributed by atoms with Gasteiger partial charge in [-0.2, -0.15) is 0 Å². The molecule has 0 spiro atoms. The first-order valence-corrected chi connectivity index (χ1v) is 5.58. The number of aromatic nitrogens is 2. The second-order valence-electron chi connectivity index (χ2n) is 4.07. The third-order valence-electron chi connectivity index (χ3n) is 2.19. The highest BCUT2D eigenvalue weighted by atomic mass is 16.2.